The molecule has 1 aromatic rings. The van der Waals surface area contributed by atoms with E-state index in [-0.39, 0.29) is 17.9 Å². The summed E-state index contributed by atoms with van der Waals surface area (Å²) in [6.45, 7) is 2.18. The van der Waals surface area contributed by atoms with Gasteiger partial charge in [-0.3, -0.25) is 0 Å². The first-order valence-electron chi connectivity index (χ1n) is 5.86. The van der Waals surface area contributed by atoms with E-state index in [0.717, 1.165) is 12.1 Å². The lowest BCUT2D eigenvalue weighted by atomic mass is 10.1. The second kappa shape index (κ2) is 5.31. The van der Waals surface area contributed by atoms with Gasteiger partial charge in [-0.25, -0.2) is 0 Å². The predicted molar refractivity (Wildman–Crippen MR) is 62.0 cm³/mol. The van der Waals surface area contributed by atoms with Gasteiger partial charge in [-0.15, -0.1) is 0 Å². The van der Waals surface area contributed by atoms with Gasteiger partial charge in [-0.2, -0.15) is 18.4 Å². The van der Waals surface area contributed by atoms with Crippen LogP contribution in [-0.2, 0) is 15.7 Å². The van der Waals surface area contributed by atoms with Crippen LogP contribution in [0.25, 0.3) is 0 Å². The van der Waals surface area contributed by atoms with Gasteiger partial charge in [0.05, 0.1) is 30.4 Å². The molecule has 7 heteroatoms. The van der Waals surface area contributed by atoms with Crippen molar-refractivity contribution in [3.8, 4) is 11.8 Å². The van der Waals surface area contributed by atoms with E-state index in [0.29, 0.717) is 13.2 Å². The summed E-state index contributed by atoms with van der Waals surface area (Å²) in [6, 6.07) is 4.82. The van der Waals surface area contributed by atoms with Gasteiger partial charge >= 0.3 is 6.18 Å². The average Bonchev–Trinajstić information content (AvgIpc) is 2.82. The van der Waals surface area contributed by atoms with E-state index in [2.05, 4.69) is 0 Å². The highest BCUT2D eigenvalue weighted by atomic mass is 19.4. The number of nitrogens with zero attached hydrogens (tertiary/aromatic N) is 1. The monoisotopic (exact) mass is 287 g/mol. The average molecular weight is 287 g/mol. The maximum atomic E-state index is 12.9. The van der Waals surface area contributed by atoms with Gasteiger partial charge in [0.15, 0.2) is 5.79 Å². The molecule has 1 aliphatic rings. The smallest absolute Gasteiger partial charge is 0.420 e. The maximum Gasteiger partial charge on any atom is 0.420 e. The van der Waals surface area contributed by atoms with Crippen molar-refractivity contribution in [2.75, 3.05) is 19.8 Å². The Balaban J connectivity index is 2.21. The Morgan fingerprint density at radius 1 is 1.35 bits per heavy atom. The summed E-state index contributed by atoms with van der Waals surface area (Å²) in [4.78, 5) is 0. The first-order valence-corrected chi connectivity index (χ1v) is 5.86. The highest BCUT2D eigenvalue weighted by molar-refractivity contribution is 5.43. The van der Waals surface area contributed by atoms with Crippen LogP contribution in [0, 0.1) is 11.3 Å². The standard InChI is InChI=1S/C13H12F3NO3/c1-12(19-4-5-20-12)8-18-11-3-2-9(7-17)6-10(11)13(14,15)16/h2-3,6H,4-5,8H2,1H3. The minimum absolute atomic E-state index is 0.0794. The highest BCUT2D eigenvalue weighted by Crippen LogP contribution is 2.37. The predicted octanol–water partition coefficient (Wildman–Crippen LogP) is 2.72. The fraction of sp³-hybridized carbons (Fsp3) is 0.462. The van der Waals surface area contributed by atoms with Crippen molar-refractivity contribution in [1.82, 2.24) is 0 Å². The van der Waals surface area contributed by atoms with Gasteiger partial charge in [-0.1, -0.05) is 0 Å². The number of ether oxygens (including phenoxy) is 3. The molecular weight excluding hydrogens is 275 g/mol. The zero-order valence-electron chi connectivity index (χ0n) is 10.7. The fourth-order valence-corrected chi connectivity index (χ4v) is 1.80. The van der Waals surface area contributed by atoms with E-state index >= 15 is 0 Å². The molecule has 0 unspecified atom stereocenters. The topological polar surface area (TPSA) is 51.5 Å². The zero-order valence-corrected chi connectivity index (χ0v) is 10.7. The summed E-state index contributed by atoms with van der Waals surface area (Å²) in [7, 11) is 0. The van der Waals surface area contributed by atoms with Crippen LogP contribution in [0.3, 0.4) is 0 Å². The van der Waals surface area contributed by atoms with Crippen LogP contribution in [0.5, 0.6) is 5.75 Å². The molecule has 2 rings (SSSR count). The first-order chi connectivity index (χ1) is 9.34. The summed E-state index contributed by atoms with van der Waals surface area (Å²) >= 11 is 0. The molecule has 4 nitrogen and oxygen atoms in total. The summed E-state index contributed by atoms with van der Waals surface area (Å²) in [6.07, 6.45) is -4.60. The van der Waals surface area contributed by atoms with Crippen LogP contribution in [0.4, 0.5) is 13.2 Å². The van der Waals surface area contributed by atoms with Gasteiger partial charge in [0.2, 0.25) is 0 Å². The zero-order chi connectivity index (χ0) is 14.8. The number of halogens is 3. The van der Waals surface area contributed by atoms with Crippen LogP contribution in [0.2, 0.25) is 0 Å². The van der Waals surface area contributed by atoms with Crippen LogP contribution in [0.1, 0.15) is 18.1 Å². The molecule has 1 aliphatic heterocycles. The molecule has 0 aliphatic carbocycles. The third kappa shape index (κ3) is 3.21. The van der Waals surface area contributed by atoms with Crippen LogP contribution in [0.15, 0.2) is 18.2 Å². The van der Waals surface area contributed by atoms with Gasteiger partial charge in [0, 0.05) is 0 Å². The Morgan fingerprint density at radius 2 is 2.00 bits per heavy atom. The molecule has 20 heavy (non-hydrogen) atoms. The Kier molecular flexibility index (Phi) is 3.88. The minimum atomic E-state index is -4.60. The quantitative estimate of drug-likeness (QED) is 0.857. The molecule has 1 saturated heterocycles. The Morgan fingerprint density at radius 3 is 2.55 bits per heavy atom. The normalized spacial score (nSPS) is 17.8. The van der Waals surface area contributed by atoms with Crippen LogP contribution >= 0.6 is 0 Å². The number of benzene rings is 1. The van der Waals surface area contributed by atoms with E-state index in [1.54, 1.807) is 13.0 Å². The molecule has 1 heterocycles. The molecule has 1 aromatic carbocycles. The van der Waals surface area contributed by atoms with Crippen LogP contribution in [-0.4, -0.2) is 25.6 Å². The van der Waals surface area contributed by atoms with Gasteiger partial charge < -0.3 is 14.2 Å². The molecule has 0 aromatic heterocycles. The SMILES string of the molecule is CC1(COc2ccc(C#N)cc2C(F)(F)F)OCCO1. The van der Waals surface area contributed by atoms with E-state index in [1.807, 2.05) is 0 Å². The van der Waals surface area contributed by atoms with Crippen molar-refractivity contribution < 1.29 is 27.4 Å². The van der Waals surface area contributed by atoms with Crippen molar-refractivity contribution in [2.45, 2.75) is 18.9 Å². The van der Waals surface area contributed by atoms with Crippen molar-refractivity contribution >= 4 is 0 Å². The van der Waals surface area contributed by atoms with Crippen molar-refractivity contribution in [2.24, 2.45) is 0 Å². The number of nitriles is 1. The summed E-state index contributed by atoms with van der Waals surface area (Å²) in [5.74, 6) is -1.40. The third-order valence-electron chi connectivity index (χ3n) is 2.80. The number of alkyl halides is 3. The van der Waals surface area contributed by atoms with Crippen molar-refractivity contribution in [1.29, 1.82) is 5.26 Å². The van der Waals surface area contributed by atoms with E-state index in [1.165, 1.54) is 6.07 Å². The molecule has 1 fully saturated rings. The fourth-order valence-electron chi connectivity index (χ4n) is 1.80. The first kappa shape index (κ1) is 14.6. The second-order valence-corrected chi connectivity index (χ2v) is 4.44. The molecule has 0 saturated carbocycles. The van der Waals surface area contributed by atoms with Crippen molar-refractivity contribution in [3.05, 3.63) is 29.3 Å². The van der Waals surface area contributed by atoms with E-state index in [4.69, 9.17) is 19.5 Å². The molecule has 0 radical (unpaired) electrons. The van der Waals surface area contributed by atoms with Gasteiger partial charge in [-0.05, 0) is 25.1 Å². The molecule has 0 spiro atoms. The number of hydrogen-bond acceptors (Lipinski definition) is 4. The van der Waals surface area contributed by atoms with Crippen molar-refractivity contribution in [3.63, 3.8) is 0 Å². The molecule has 0 atom stereocenters. The lowest BCUT2D eigenvalue weighted by Gasteiger charge is -2.23. The van der Waals surface area contributed by atoms with E-state index in [9.17, 15) is 13.2 Å². The second-order valence-electron chi connectivity index (χ2n) is 4.44. The number of hydrogen-bond donors (Lipinski definition) is 0. The van der Waals surface area contributed by atoms with Gasteiger partial charge in [0.25, 0.3) is 0 Å². The lowest BCUT2D eigenvalue weighted by molar-refractivity contribution is -0.165. The lowest BCUT2D eigenvalue weighted by Crippen LogP contribution is -2.33. The Labute approximate surface area is 113 Å². The van der Waals surface area contributed by atoms with E-state index < -0.39 is 17.5 Å². The Bertz CT molecular complexity index is 531. The third-order valence-corrected chi connectivity index (χ3v) is 2.80. The maximum absolute atomic E-state index is 12.9. The molecule has 0 N–H and O–H groups in total. The van der Waals surface area contributed by atoms with Gasteiger partial charge in [0.1, 0.15) is 12.4 Å². The van der Waals surface area contributed by atoms with Crippen LogP contribution < -0.4 is 4.74 Å². The summed E-state index contributed by atoms with van der Waals surface area (Å²) in [5.41, 5.74) is -1.07. The Hall–Kier alpha value is -1.78. The summed E-state index contributed by atoms with van der Waals surface area (Å²) < 4.78 is 54.4. The molecular formula is C13H12F3NO3. The molecule has 108 valence electrons. The molecule has 0 bridgehead atoms. The largest absolute Gasteiger partial charge is 0.487 e. The summed E-state index contributed by atoms with van der Waals surface area (Å²) in [5, 5.41) is 8.66. The highest BCUT2D eigenvalue weighted by Gasteiger charge is 2.37. The number of rotatable bonds is 3. The minimum Gasteiger partial charge on any atom is -0.487 e. The molecule has 0 amide bonds.